The van der Waals surface area contributed by atoms with Gasteiger partial charge in [0.25, 0.3) is 5.91 Å². The van der Waals surface area contributed by atoms with Crippen LogP contribution in [0.3, 0.4) is 0 Å². The molecule has 1 aromatic heterocycles. The Morgan fingerprint density at radius 1 is 1.28 bits per heavy atom. The van der Waals surface area contributed by atoms with E-state index in [0.29, 0.717) is 10.6 Å². The van der Waals surface area contributed by atoms with E-state index in [-0.39, 0.29) is 5.82 Å². The maximum absolute atomic E-state index is 11.2. The van der Waals surface area contributed by atoms with E-state index in [2.05, 4.69) is 16.6 Å². The molecule has 0 fully saturated rings. The zero-order valence-corrected chi connectivity index (χ0v) is 11.7. The largest absolute Gasteiger partial charge is 0.382 e. The van der Waals surface area contributed by atoms with Gasteiger partial charge in [-0.05, 0) is 18.0 Å². The molecule has 6 heteroatoms. The van der Waals surface area contributed by atoms with Crippen LogP contribution in [0, 0.1) is 0 Å². The summed E-state index contributed by atoms with van der Waals surface area (Å²) in [6.45, 7) is 3.04. The van der Waals surface area contributed by atoms with E-state index in [1.54, 1.807) is 0 Å². The van der Waals surface area contributed by atoms with Gasteiger partial charge >= 0.3 is 0 Å². The fourth-order valence-electron chi connectivity index (χ4n) is 1.77. The summed E-state index contributed by atoms with van der Waals surface area (Å²) in [5.74, 6) is -0.301. The Labute approximate surface area is 112 Å². The standard InChI is InChI=1S/C12H22N4OS/c1-2-3-4-5-6-7-8-15-12-9(11(14)17)10(13)16-18-12/h15H,2-8H2,1H3,(H2,13,16)(H2,14,17). The molecule has 0 atom stereocenters. The molecule has 0 saturated carbocycles. The Balaban J connectivity index is 2.25. The summed E-state index contributed by atoms with van der Waals surface area (Å²) in [4.78, 5) is 11.2. The predicted molar refractivity (Wildman–Crippen MR) is 76.9 cm³/mol. The van der Waals surface area contributed by atoms with Gasteiger partial charge in [0.15, 0.2) is 5.82 Å². The molecule has 102 valence electrons. The Morgan fingerprint density at radius 3 is 2.61 bits per heavy atom. The van der Waals surface area contributed by atoms with Gasteiger partial charge in [0.05, 0.1) is 0 Å². The fraction of sp³-hybridized carbons (Fsp3) is 0.667. The Bertz CT molecular complexity index is 378. The van der Waals surface area contributed by atoms with Crippen molar-refractivity contribution in [1.82, 2.24) is 4.37 Å². The highest BCUT2D eigenvalue weighted by Gasteiger charge is 2.15. The summed E-state index contributed by atoms with van der Waals surface area (Å²) in [5, 5.41) is 3.87. The highest BCUT2D eigenvalue weighted by molar-refractivity contribution is 7.11. The number of carbonyl (C=O) groups is 1. The number of carbonyl (C=O) groups excluding carboxylic acids is 1. The number of nitrogens with two attached hydrogens (primary N) is 2. The quantitative estimate of drug-likeness (QED) is 0.601. The van der Waals surface area contributed by atoms with Crippen LogP contribution in [0.1, 0.15) is 55.8 Å². The van der Waals surface area contributed by atoms with Crippen molar-refractivity contribution < 1.29 is 4.79 Å². The molecule has 0 radical (unpaired) electrons. The lowest BCUT2D eigenvalue weighted by Crippen LogP contribution is -2.15. The van der Waals surface area contributed by atoms with E-state index in [1.807, 2.05) is 0 Å². The zero-order valence-electron chi connectivity index (χ0n) is 10.9. The van der Waals surface area contributed by atoms with E-state index in [0.717, 1.165) is 13.0 Å². The molecule has 1 heterocycles. The van der Waals surface area contributed by atoms with Crippen LogP contribution in [-0.2, 0) is 0 Å². The van der Waals surface area contributed by atoms with Crippen LogP contribution in [0.4, 0.5) is 10.8 Å². The number of hydrogen-bond acceptors (Lipinski definition) is 5. The van der Waals surface area contributed by atoms with Crippen LogP contribution in [0.5, 0.6) is 0 Å². The van der Waals surface area contributed by atoms with Gasteiger partial charge in [-0.15, -0.1) is 0 Å². The summed E-state index contributed by atoms with van der Waals surface area (Å²) in [6, 6.07) is 0. The molecule has 5 nitrogen and oxygen atoms in total. The lowest BCUT2D eigenvalue weighted by atomic mass is 10.1. The lowest BCUT2D eigenvalue weighted by molar-refractivity contribution is 0.100. The van der Waals surface area contributed by atoms with Gasteiger partial charge in [0.2, 0.25) is 0 Å². The number of nitrogens with one attached hydrogen (secondary N) is 1. The van der Waals surface area contributed by atoms with Gasteiger partial charge in [-0.1, -0.05) is 39.0 Å². The summed E-state index contributed by atoms with van der Waals surface area (Å²) in [7, 11) is 0. The first kappa shape index (κ1) is 14.8. The van der Waals surface area contributed by atoms with Crippen molar-refractivity contribution in [3.63, 3.8) is 0 Å². The SMILES string of the molecule is CCCCCCCCNc1snc(N)c1C(N)=O. The highest BCUT2D eigenvalue weighted by atomic mass is 32.1. The minimum Gasteiger partial charge on any atom is -0.382 e. The minimum absolute atomic E-state index is 0.220. The van der Waals surface area contributed by atoms with Gasteiger partial charge in [-0.25, -0.2) is 0 Å². The molecule has 0 aromatic carbocycles. The molecule has 0 unspecified atom stereocenters. The van der Waals surface area contributed by atoms with Gasteiger partial charge in [-0.2, -0.15) is 4.37 Å². The van der Waals surface area contributed by atoms with E-state index >= 15 is 0 Å². The third kappa shape index (κ3) is 4.52. The molecule has 18 heavy (non-hydrogen) atoms. The molecule has 1 amide bonds. The molecule has 0 spiro atoms. The summed E-state index contributed by atoms with van der Waals surface area (Å²) in [5.41, 5.74) is 11.2. The van der Waals surface area contributed by atoms with Crippen molar-refractivity contribution in [1.29, 1.82) is 0 Å². The zero-order chi connectivity index (χ0) is 13.4. The van der Waals surface area contributed by atoms with Crippen molar-refractivity contribution in [2.24, 2.45) is 5.73 Å². The van der Waals surface area contributed by atoms with E-state index in [9.17, 15) is 4.79 Å². The maximum atomic E-state index is 11.2. The Hall–Kier alpha value is -1.30. The minimum atomic E-state index is -0.522. The van der Waals surface area contributed by atoms with Crippen molar-refractivity contribution in [3.8, 4) is 0 Å². The number of amides is 1. The van der Waals surface area contributed by atoms with Gasteiger partial charge in [-0.3, -0.25) is 4.79 Å². The second-order valence-electron chi connectivity index (χ2n) is 4.33. The van der Waals surface area contributed by atoms with Crippen molar-refractivity contribution in [3.05, 3.63) is 5.56 Å². The van der Waals surface area contributed by atoms with Gasteiger partial charge < -0.3 is 16.8 Å². The monoisotopic (exact) mass is 270 g/mol. The molecule has 0 aliphatic carbocycles. The molecular weight excluding hydrogens is 248 g/mol. The number of aromatic nitrogens is 1. The normalized spacial score (nSPS) is 10.5. The third-order valence-electron chi connectivity index (χ3n) is 2.78. The maximum Gasteiger partial charge on any atom is 0.255 e. The van der Waals surface area contributed by atoms with E-state index in [1.165, 1.54) is 43.6 Å². The van der Waals surface area contributed by atoms with Crippen molar-refractivity contribution >= 4 is 28.3 Å². The third-order valence-corrected chi connectivity index (χ3v) is 3.60. The van der Waals surface area contributed by atoms with Crippen LogP contribution in [-0.4, -0.2) is 16.8 Å². The van der Waals surface area contributed by atoms with Crippen molar-refractivity contribution in [2.75, 3.05) is 17.6 Å². The van der Waals surface area contributed by atoms with Crippen LogP contribution < -0.4 is 16.8 Å². The second kappa shape index (κ2) is 7.92. The van der Waals surface area contributed by atoms with Crippen molar-refractivity contribution in [2.45, 2.75) is 45.4 Å². The molecule has 0 bridgehead atoms. The summed E-state index contributed by atoms with van der Waals surface area (Å²) >= 11 is 1.19. The lowest BCUT2D eigenvalue weighted by Gasteiger charge is -2.05. The summed E-state index contributed by atoms with van der Waals surface area (Å²) in [6.07, 6.45) is 7.43. The average molecular weight is 270 g/mol. The summed E-state index contributed by atoms with van der Waals surface area (Å²) < 4.78 is 3.93. The number of primary amides is 1. The number of nitrogens with zero attached hydrogens (tertiary/aromatic N) is 1. The molecule has 0 aliphatic heterocycles. The van der Waals surface area contributed by atoms with Gasteiger partial charge in [0.1, 0.15) is 10.6 Å². The highest BCUT2D eigenvalue weighted by Crippen LogP contribution is 2.26. The average Bonchev–Trinajstić information content (AvgIpc) is 2.69. The van der Waals surface area contributed by atoms with Crippen LogP contribution >= 0.6 is 11.5 Å². The second-order valence-corrected chi connectivity index (χ2v) is 5.10. The van der Waals surface area contributed by atoms with E-state index in [4.69, 9.17) is 11.5 Å². The first-order valence-electron chi connectivity index (χ1n) is 6.45. The predicted octanol–water partition coefficient (Wildman–Crippen LogP) is 2.60. The molecule has 1 aromatic rings. The first-order valence-corrected chi connectivity index (χ1v) is 7.23. The van der Waals surface area contributed by atoms with Crippen LogP contribution in [0.2, 0.25) is 0 Å². The van der Waals surface area contributed by atoms with E-state index < -0.39 is 5.91 Å². The molecular formula is C12H22N4OS. The number of anilines is 2. The fourth-order valence-corrected chi connectivity index (χ4v) is 2.51. The molecule has 0 saturated heterocycles. The number of hydrogen-bond donors (Lipinski definition) is 3. The molecule has 5 N–H and O–H groups in total. The Kier molecular flexibility index (Phi) is 6.49. The Morgan fingerprint density at radius 2 is 1.94 bits per heavy atom. The van der Waals surface area contributed by atoms with Gasteiger partial charge in [0, 0.05) is 6.54 Å². The topological polar surface area (TPSA) is 94.0 Å². The van der Waals surface area contributed by atoms with Crippen LogP contribution in [0.15, 0.2) is 0 Å². The smallest absolute Gasteiger partial charge is 0.255 e. The van der Waals surface area contributed by atoms with Crippen LogP contribution in [0.25, 0.3) is 0 Å². The number of rotatable bonds is 9. The number of unbranched alkanes of at least 4 members (excludes halogenated alkanes) is 5. The molecule has 1 rings (SSSR count). The number of nitrogen functional groups attached to an aromatic ring is 1. The molecule has 0 aliphatic rings. The first-order chi connectivity index (χ1) is 8.66.